The van der Waals surface area contributed by atoms with Crippen LogP contribution in [0.5, 0.6) is 11.5 Å². The van der Waals surface area contributed by atoms with Crippen LogP contribution in [0.2, 0.25) is 0 Å². The maximum Gasteiger partial charge on any atom is 0.491 e. The largest absolute Gasteiger partial charge is 0.493 e. The molecule has 2 aromatic rings. The van der Waals surface area contributed by atoms with E-state index in [-0.39, 0.29) is 53.1 Å². The molecule has 0 aromatic heterocycles. The van der Waals surface area contributed by atoms with Gasteiger partial charge in [0.05, 0.1) is 18.7 Å². The van der Waals surface area contributed by atoms with Crippen molar-refractivity contribution in [2.24, 2.45) is 0 Å². The SMILES string of the molecule is CCOc1cc2c(cc1C(=O)NC)CN(CC(=O)c1cc(C(C)(C)C)c(OC(=O)C(F)(F)F)c(C(C)(C)C)c1)C2=N. The van der Waals surface area contributed by atoms with E-state index < -0.39 is 23.0 Å². The van der Waals surface area contributed by atoms with Crippen molar-refractivity contribution in [3.8, 4) is 11.5 Å². The van der Waals surface area contributed by atoms with Crippen molar-refractivity contribution in [3.63, 3.8) is 0 Å². The van der Waals surface area contributed by atoms with Gasteiger partial charge in [-0.05, 0) is 47.6 Å². The first-order chi connectivity index (χ1) is 18.8. The number of halogens is 3. The number of hydrogen-bond acceptors (Lipinski definition) is 6. The minimum absolute atomic E-state index is 0.0839. The summed E-state index contributed by atoms with van der Waals surface area (Å²) in [4.78, 5) is 39.4. The van der Waals surface area contributed by atoms with Crippen molar-refractivity contribution in [2.45, 2.75) is 72.0 Å². The molecule has 41 heavy (non-hydrogen) atoms. The Labute approximate surface area is 237 Å². The van der Waals surface area contributed by atoms with E-state index in [0.717, 1.165) is 0 Å². The number of Topliss-reactive ketones (excluding diaryl/α,β-unsaturated/α-hetero) is 1. The van der Waals surface area contributed by atoms with E-state index in [1.54, 1.807) is 65.5 Å². The van der Waals surface area contributed by atoms with Crippen molar-refractivity contribution in [1.82, 2.24) is 10.2 Å². The zero-order valence-corrected chi connectivity index (χ0v) is 24.6. The van der Waals surface area contributed by atoms with E-state index in [1.807, 2.05) is 0 Å². The highest BCUT2D eigenvalue weighted by Crippen LogP contribution is 2.42. The van der Waals surface area contributed by atoms with Crippen LogP contribution >= 0.6 is 0 Å². The van der Waals surface area contributed by atoms with E-state index >= 15 is 0 Å². The Morgan fingerprint density at radius 2 is 1.54 bits per heavy atom. The monoisotopic (exact) mass is 575 g/mol. The summed E-state index contributed by atoms with van der Waals surface area (Å²) >= 11 is 0. The van der Waals surface area contributed by atoms with E-state index in [0.29, 0.717) is 29.0 Å². The molecule has 1 amide bonds. The average molecular weight is 576 g/mol. The fourth-order valence-corrected chi connectivity index (χ4v) is 4.58. The number of rotatable bonds is 7. The molecule has 8 nitrogen and oxygen atoms in total. The number of amidine groups is 1. The zero-order valence-electron chi connectivity index (χ0n) is 24.6. The lowest BCUT2D eigenvalue weighted by atomic mass is 9.78. The Balaban J connectivity index is 2.03. The summed E-state index contributed by atoms with van der Waals surface area (Å²) in [5.41, 5.74) is 0.766. The minimum atomic E-state index is -5.19. The number of fused-ring (bicyclic) bond motifs is 1. The Kier molecular flexibility index (Phi) is 8.62. The van der Waals surface area contributed by atoms with Crippen molar-refractivity contribution < 1.29 is 37.0 Å². The topological polar surface area (TPSA) is 109 Å². The number of ketones is 1. The molecule has 2 aromatic carbocycles. The van der Waals surface area contributed by atoms with Gasteiger partial charge in [-0.1, -0.05) is 41.5 Å². The number of esters is 1. The number of hydrogen-bond donors (Lipinski definition) is 2. The molecule has 0 atom stereocenters. The molecule has 1 heterocycles. The molecule has 1 aliphatic heterocycles. The van der Waals surface area contributed by atoms with Crippen LogP contribution in [0.1, 0.15) is 91.4 Å². The van der Waals surface area contributed by atoms with Gasteiger partial charge in [-0.3, -0.25) is 15.0 Å². The lowest BCUT2D eigenvalue weighted by Gasteiger charge is -2.30. The quantitative estimate of drug-likeness (QED) is 0.255. The molecule has 0 bridgehead atoms. The maximum absolute atomic E-state index is 13.6. The van der Waals surface area contributed by atoms with Gasteiger partial charge in [0.25, 0.3) is 5.91 Å². The first kappa shape index (κ1) is 31.6. The molecule has 0 unspecified atom stereocenters. The van der Waals surface area contributed by atoms with E-state index in [4.69, 9.17) is 14.9 Å². The van der Waals surface area contributed by atoms with Gasteiger partial charge in [0.1, 0.15) is 17.3 Å². The highest BCUT2D eigenvalue weighted by molar-refractivity contribution is 6.07. The summed E-state index contributed by atoms with van der Waals surface area (Å²) in [6.07, 6.45) is -5.19. The second kappa shape index (κ2) is 11.2. The Morgan fingerprint density at radius 1 is 0.976 bits per heavy atom. The fourth-order valence-electron chi connectivity index (χ4n) is 4.58. The second-order valence-electron chi connectivity index (χ2n) is 11.9. The van der Waals surface area contributed by atoms with Crippen LogP contribution in [0.25, 0.3) is 0 Å². The molecule has 3 rings (SSSR count). The van der Waals surface area contributed by atoms with Gasteiger partial charge in [-0.15, -0.1) is 0 Å². The zero-order chi connectivity index (χ0) is 31.1. The summed E-state index contributed by atoms with van der Waals surface area (Å²) in [5, 5.41) is 11.3. The summed E-state index contributed by atoms with van der Waals surface area (Å²) in [5.74, 6) is -2.84. The molecular formula is C30H36F3N3O5. The molecule has 1 aliphatic rings. The van der Waals surface area contributed by atoms with Crippen LogP contribution < -0.4 is 14.8 Å². The fraction of sp³-hybridized carbons (Fsp3) is 0.467. The van der Waals surface area contributed by atoms with Crippen LogP contribution in [0, 0.1) is 5.41 Å². The lowest BCUT2D eigenvalue weighted by molar-refractivity contribution is -0.189. The third-order valence-electron chi connectivity index (χ3n) is 6.70. The van der Waals surface area contributed by atoms with Gasteiger partial charge >= 0.3 is 12.1 Å². The molecule has 0 fully saturated rings. The highest BCUT2D eigenvalue weighted by Gasteiger charge is 2.43. The summed E-state index contributed by atoms with van der Waals surface area (Å²) in [6.45, 7) is 12.6. The molecule has 0 saturated carbocycles. The molecule has 222 valence electrons. The van der Waals surface area contributed by atoms with Crippen LogP contribution in [0.15, 0.2) is 24.3 Å². The third kappa shape index (κ3) is 6.71. The molecule has 2 N–H and O–H groups in total. The minimum Gasteiger partial charge on any atom is -0.493 e. The second-order valence-corrected chi connectivity index (χ2v) is 11.9. The van der Waals surface area contributed by atoms with E-state index in [2.05, 4.69) is 5.32 Å². The maximum atomic E-state index is 13.6. The molecule has 0 radical (unpaired) electrons. The molecular weight excluding hydrogens is 539 g/mol. The standard InChI is InChI=1S/C30H36F3N3O5/c1-9-40-23-13-18-17(10-19(23)26(38)35-8)14-36(25(18)34)15-22(37)16-11-20(28(2,3)4)24(21(12-16)29(5,6)7)41-27(39)30(31,32)33/h10-13,34H,9,14-15H2,1-8H3,(H,35,38). The van der Waals surface area contributed by atoms with Gasteiger partial charge < -0.3 is 19.7 Å². The van der Waals surface area contributed by atoms with E-state index in [1.165, 1.54) is 19.2 Å². The number of benzene rings is 2. The number of ether oxygens (including phenoxy) is 2. The highest BCUT2D eigenvalue weighted by atomic mass is 19.4. The Hall–Kier alpha value is -3.89. The number of carbonyl (C=O) groups excluding carboxylic acids is 3. The van der Waals surface area contributed by atoms with Gasteiger partial charge in [-0.25, -0.2) is 4.79 Å². The van der Waals surface area contributed by atoms with Gasteiger partial charge in [0.15, 0.2) is 5.78 Å². The van der Waals surface area contributed by atoms with Gasteiger partial charge in [0, 0.05) is 35.8 Å². The summed E-state index contributed by atoms with van der Waals surface area (Å²) in [7, 11) is 1.51. The van der Waals surface area contributed by atoms with Crippen molar-refractivity contribution in [2.75, 3.05) is 20.2 Å². The van der Waals surface area contributed by atoms with Crippen LogP contribution in [0.3, 0.4) is 0 Å². The number of amides is 1. The number of nitrogens with zero attached hydrogens (tertiary/aromatic N) is 1. The number of alkyl halides is 3. The summed E-state index contributed by atoms with van der Waals surface area (Å²) in [6, 6.07) is 6.19. The van der Waals surface area contributed by atoms with Crippen molar-refractivity contribution in [3.05, 3.63) is 57.6 Å². The van der Waals surface area contributed by atoms with Crippen molar-refractivity contribution >= 4 is 23.5 Å². The average Bonchev–Trinajstić information content (AvgIpc) is 3.15. The van der Waals surface area contributed by atoms with Crippen LogP contribution in [-0.2, 0) is 22.2 Å². The predicted molar refractivity (Wildman–Crippen MR) is 148 cm³/mol. The Bertz CT molecular complexity index is 1370. The number of nitrogens with one attached hydrogen (secondary N) is 2. The number of carbonyl (C=O) groups is 3. The molecule has 0 saturated heterocycles. The van der Waals surface area contributed by atoms with Crippen molar-refractivity contribution in [1.29, 1.82) is 5.41 Å². The first-order valence-electron chi connectivity index (χ1n) is 13.2. The first-order valence-corrected chi connectivity index (χ1v) is 13.2. The molecule has 0 aliphatic carbocycles. The van der Waals surface area contributed by atoms with Crippen LogP contribution in [-0.4, -0.2) is 54.8 Å². The van der Waals surface area contributed by atoms with Crippen LogP contribution in [0.4, 0.5) is 13.2 Å². The third-order valence-corrected chi connectivity index (χ3v) is 6.70. The normalized spacial score (nSPS) is 13.6. The smallest absolute Gasteiger partial charge is 0.491 e. The Morgan fingerprint density at radius 3 is 2.00 bits per heavy atom. The lowest BCUT2D eigenvalue weighted by Crippen LogP contribution is -2.32. The molecule has 11 heteroatoms. The molecule has 0 spiro atoms. The van der Waals surface area contributed by atoms with Gasteiger partial charge in [0.2, 0.25) is 0 Å². The van der Waals surface area contributed by atoms with Gasteiger partial charge in [-0.2, -0.15) is 13.2 Å². The van der Waals surface area contributed by atoms with E-state index in [9.17, 15) is 27.6 Å². The summed E-state index contributed by atoms with van der Waals surface area (Å²) < 4.78 is 50.0. The predicted octanol–water partition coefficient (Wildman–Crippen LogP) is 5.53.